The lowest BCUT2D eigenvalue weighted by Gasteiger charge is -2.35. The summed E-state index contributed by atoms with van der Waals surface area (Å²) in [6, 6.07) is -0.861. The van der Waals surface area contributed by atoms with Gasteiger partial charge in [-0.05, 0) is 0 Å². The molecule has 1 amide bonds. The third kappa shape index (κ3) is 1.44. The molecule has 0 spiro atoms. The van der Waals surface area contributed by atoms with Crippen LogP contribution in [0.25, 0.3) is 0 Å². The average Bonchev–Trinajstić information content (AvgIpc) is 2.75. The summed E-state index contributed by atoms with van der Waals surface area (Å²) < 4.78 is 4.96. The fourth-order valence-corrected chi connectivity index (χ4v) is 2.42. The molecule has 1 aliphatic heterocycles. The Balaban J connectivity index is 2.17. The Morgan fingerprint density at radius 1 is 1.50 bits per heavy atom. The molecule has 5 N–H and O–H groups in total. The number of rotatable bonds is 2. The Hall–Kier alpha value is -0.730. The summed E-state index contributed by atoms with van der Waals surface area (Å²) in [7, 11) is 0. The number of carbonyl (C=O) groups excluding carboxylic acids is 1. The van der Waals surface area contributed by atoms with Crippen LogP contribution < -0.4 is 5.32 Å². The fraction of sp³-hybridized carbons (Fsp3) is 0.889. The Morgan fingerprint density at radius 3 is 2.62 bits per heavy atom. The fourth-order valence-electron chi connectivity index (χ4n) is 2.42. The highest BCUT2D eigenvalue weighted by Gasteiger charge is 2.75. The molecule has 1 saturated heterocycles. The highest BCUT2D eigenvalue weighted by atomic mass is 16.6. The van der Waals surface area contributed by atoms with Gasteiger partial charge in [0.25, 0.3) is 0 Å². The van der Waals surface area contributed by atoms with E-state index in [1.165, 1.54) is 6.92 Å². The zero-order valence-electron chi connectivity index (χ0n) is 8.70. The third-order valence-electron chi connectivity index (χ3n) is 3.29. The smallest absolute Gasteiger partial charge is 0.217 e. The predicted octanol–water partition coefficient (Wildman–Crippen LogP) is -3.08. The van der Waals surface area contributed by atoms with Crippen LogP contribution in [0.5, 0.6) is 0 Å². The van der Waals surface area contributed by atoms with Crippen LogP contribution in [0.3, 0.4) is 0 Å². The van der Waals surface area contributed by atoms with Crippen molar-refractivity contribution in [2.24, 2.45) is 5.92 Å². The van der Waals surface area contributed by atoms with Crippen molar-refractivity contribution in [3.8, 4) is 0 Å². The van der Waals surface area contributed by atoms with Crippen molar-refractivity contribution in [1.29, 1.82) is 0 Å². The van der Waals surface area contributed by atoms with Crippen molar-refractivity contribution in [2.75, 3.05) is 6.61 Å². The van der Waals surface area contributed by atoms with Gasteiger partial charge in [-0.1, -0.05) is 0 Å². The molecule has 0 radical (unpaired) electrons. The summed E-state index contributed by atoms with van der Waals surface area (Å²) in [5.74, 6) is -1.10. The lowest BCUT2D eigenvalue weighted by atomic mass is 10.0. The normalized spacial score (nSPS) is 50.7. The van der Waals surface area contributed by atoms with Gasteiger partial charge in [0, 0.05) is 12.8 Å². The van der Waals surface area contributed by atoms with E-state index in [4.69, 9.17) is 9.84 Å². The van der Waals surface area contributed by atoms with Crippen LogP contribution in [0.15, 0.2) is 0 Å². The second-order valence-electron chi connectivity index (χ2n) is 4.28. The highest BCUT2D eigenvalue weighted by Crippen LogP contribution is 2.53. The van der Waals surface area contributed by atoms with Gasteiger partial charge in [-0.3, -0.25) is 4.79 Å². The molecule has 7 nitrogen and oxygen atoms in total. The van der Waals surface area contributed by atoms with Gasteiger partial charge in [0.2, 0.25) is 5.91 Å². The molecule has 6 atom stereocenters. The topological polar surface area (TPSA) is 119 Å². The van der Waals surface area contributed by atoms with Crippen LogP contribution in [0, 0.1) is 5.92 Å². The van der Waals surface area contributed by atoms with Gasteiger partial charge in [0.1, 0.15) is 11.7 Å². The Kier molecular flexibility index (Phi) is 2.67. The minimum Gasteiger partial charge on any atom is -0.394 e. The summed E-state index contributed by atoms with van der Waals surface area (Å²) in [5, 5.41) is 40.5. The number of ether oxygens (including phenoxy) is 1. The molecule has 0 aromatic rings. The maximum absolute atomic E-state index is 10.9. The quantitative estimate of drug-likeness (QED) is 0.345. The van der Waals surface area contributed by atoms with E-state index < -0.39 is 48.6 Å². The van der Waals surface area contributed by atoms with E-state index in [9.17, 15) is 20.1 Å². The van der Waals surface area contributed by atoms with Crippen molar-refractivity contribution in [1.82, 2.24) is 5.32 Å². The first-order chi connectivity index (χ1) is 7.42. The van der Waals surface area contributed by atoms with Crippen LogP contribution >= 0.6 is 0 Å². The third-order valence-corrected chi connectivity index (χ3v) is 3.29. The summed E-state index contributed by atoms with van der Waals surface area (Å²) in [6.45, 7) is 0.757. The number of hydrogen-bond donors (Lipinski definition) is 5. The van der Waals surface area contributed by atoms with Crippen LogP contribution in [0.2, 0.25) is 0 Å². The molecule has 0 aromatic heterocycles. The molecule has 92 valence electrons. The van der Waals surface area contributed by atoms with Gasteiger partial charge in [-0.25, -0.2) is 0 Å². The molecule has 0 bridgehead atoms. The second-order valence-corrected chi connectivity index (χ2v) is 4.28. The van der Waals surface area contributed by atoms with Gasteiger partial charge in [-0.2, -0.15) is 0 Å². The molecule has 0 aromatic carbocycles. The highest BCUT2D eigenvalue weighted by molar-refractivity contribution is 5.73. The number of hydrogen-bond acceptors (Lipinski definition) is 6. The van der Waals surface area contributed by atoms with E-state index in [0.717, 1.165) is 0 Å². The number of amides is 1. The molecule has 1 aliphatic carbocycles. The van der Waals surface area contributed by atoms with Crippen molar-refractivity contribution >= 4 is 5.91 Å². The van der Waals surface area contributed by atoms with E-state index >= 15 is 0 Å². The first-order valence-corrected chi connectivity index (χ1v) is 5.04. The Labute approximate surface area is 91.6 Å². The number of carbonyl (C=O) groups is 1. The van der Waals surface area contributed by atoms with Crippen molar-refractivity contribution in [2.45, 2.75) is 37.1 Å². The van der Waals surface area contributed by atoms with E-state index in [2.05, 4.69) is 5.32 Å². The summed E-state index contributed by atoms with van der Waals surface area (Å²) in [4.78, 5) is 10.9. The minimum absolute atomic E-state index is 0.392. The lowest BCUT2D eigenvalue weighted by molar-refractivity contribution is -0.227. The standard InChI is InChI=1S/C9H15NO6/c1-3(12)10-6-5-7(13)9(5,15)4(2-11)16-8(6)14/h4-8,11,13-15H,2H2,1H3,(H,10,12)/t4?,5?,6?,7?,8?,9-/m1/s1. The van der Waals surface area contributed by atoms with Gasteiger partial charge < -0.3 is 30.5 Å². The van der Waals surface area contributed by atoms with Crippen LogP contribution in [0.1, 0.15) is 6.92 Å². The molecule has 7 heteroatoms. The maximum atomic E-state index is 10.9. The maximum Gasteiger partial charge on any atom is 0.217 e. The van der Waals surface area contributed by atoms with Gasteiger partial charge in [-0.15, -0.1) is 0 Å². The molecule has 16 heavy (non-hydrogen) atoms. The molecule has 1 heterocycles. The number of fused-ring (bicyclic) bond motifs is 1. The minimum atomic E-state index is -1.58. The molecule has 2 aliphatic rings. The molecular formula is C9H15NO6. The Bertz CT molecular complexity index is 310. The van der Waals surface area contributed by atoms with Crippen LogP contribution in [-0.4, -0.2) is 63.1 Å². The number of aliphatic hydroxyl groups excluding tert-OH is 3. The molecule has 5 unspecified atom stereocenters. The SMILES string of the molecule is CC(=O)NC1C(O)OC(CO)[C@]2(O)C(O)C12. The second kappa shape index (κ2) is 3.64. The monoisotopic (exact) mass is 233 g/mol. The van der Waals surface area contributed by atoms with E-state index in [0.29, 0.717) is 0 Å². The van der Waals surface area contributed by atoms with Gasteiger partial charge >= 0.3 is 0 Å². The van der Waals surface area contributed by atoms with E-state index in [1.807, 2.05) is 0 Å². The zero-order valence-corrected chi connectivity index (χ0v) is 8.70. The number of aliphatic hydroxyl groups is 4. The summed E-state index contributed by atoms with van der Waals surface area (Å²) in [5.41, 5.74) is -1.58. The largest absolute Gasteiger partial charge is 0.394 e. The molecule has 1 saturated carbocycles. The van der Waals surface area contributed by atoms with Crippen LogP contribution in [0.4, 0.5) is 0 Å². The molecule has 2 fully saturated rings. The first kappa shape index (κ1) is 11.7. The van der Waals surface area contributed by atoms with E-state index in [1.54, 1.807) is 0 Å². The van der Waals surface area contributed by atoms with E-state index in [-0.39, 0.29) is 0 Å². The Morgan fingerprint density at radius 2 is 2.12 bits per heavy atom. The molecular weight excluding hydrogens is 218 g/mol. The average molecular weight is 233 g/mol. The lowest BCUT2D eigenvalue weighted by Crippen LogP contribution is -2.56. The van der Waals surface area contributed by atoms with Gasteiger partial charge in [0.15, 0.2) is 6.29 Å². The number of nitrogens with one attached hydrogen (secondary N) is 1. The van der Waals surface area contributed by atoms with Crippen molar-refractivity contribution < 1.29 is 30.0 Å². The predicted molar refractivity (Wildman–Crippen MR) is 50.0 cm³/mol. The summed E-state index contributed by atoms with van der Waals surface area (Å²) >= 11 is 0. The van der Waals surface area contributed by atoms with Crippen molar-refractivity contribution in [3.63, 3.8) is 0 Å². The van der Waals surface area contributed by atoms with Gasteiger partial charge in [0.05, 0.1) is 18.8 Å². The molecule has 2 rings (SSSR count). The van der Waals surface area contributed by atoms with Crippen molar-refractivity contribution in [3.05, 3.63) is 0 Å². The first-order valence-electron chi connectivity index (χ1n) is 5.04. The van der Waals surface area contributed by atoms with Crippen LogP contribution in [-0.2, 0) is 9.53 Å². The zero-order chi connectivity index (χ0) is 12.1. The summed E-state index contributed by atoms with van der Waals surface area (Å²) in [6.07, 6.45) is -3.49.